The number of rotatable bonds is 4. The molecular weight excluding hydrogens is 280 g/mol. The summed E-state index contributed by atoms with van der Waals surface area (Å²) in [6.45, 7) is 0. The number of benzene rings is 3. The highest BCUT2D eigenvalue weighted by Gasteiger charge is 2.39. The average molecular weight is 300 g/mol. The number of methoxy groups -OCH3 is 1. The van der Waals surface area contributed by atoms with Gasteiger partial charge >= 0.3 is 0 Å². The second-order valence-corrected chi connectivity index (χ2v) is 6.19. The summed E-state index contributed by atoms with van der Waals surface area (Å²) >= 11 is 0. The van der Waals surface area contributed by atoms with Crippen LogP contribution >= 0.6 is 0 Å². The van der Waals surface area contributed by atoms with Crippen LogP contribution in [0.1, 0.15) is 29.4 Å². The first-order valence-corrected chi connectivity index (χ1v) is 8.15. The van der Waals surface area contributed by atoms with Gasteiger partial charge < -0.3 is 4.74 Å². The molecule has 3 aromatic carbocycles. The topological polar surface area (TPSA) is 9.23 Å². The van der Waals surface area contributed by atoms with Gasteiger partial charge in [0, 0.05) is 5.56 Å². The highest BCUT2D eigenvalue weighted by atomic mass is 16.5. The van der Waals surface area contributed by atoms with E-state index in [2.05, 4.69) is 72.8 Å². The lowest BCUT2D eigenvalue weighted by molar-refractivity contribution is 0.416. The fourth-order valence-electron chi connectivity index (χ4n) is 3.43. The zero-order valence-corrected chi connectivity index (χ0v) is 13.3. The van der Waals surface area contributed by atoms with Crippen molar-refractivity contribution in [2.45, 2.75) is 18.3 Å². The zero-order chi connectivity index (χ0) is 15.6. The van der Waals surface area contributed by atoms with E-state index in [1.165, 1.54) is 23.1 Å². The van der Waals surface area contributed by atoms with Crippen LogP contribution in [0, 0.1) is 0 Å². The molecule has 0 heterocycles. The van der Waals surface area contributed by atoms with Crippen molar-refractivity contribution in [1.82, 2.24) is 0 Å². The van der Waals surface area contributed by atoms with Gasteiger partial charge in [0.1, 0.15) is 5.75 Å². The minimum absolute atomic E-state index is 0.621. The maximum absolute atomic E-state index is 5.66. The molecular formula is C22H20O. The van der Waals surface area contributed by atoms with Crippen molar-refractivity contribution in [3.8, 4) is 16.9 Å². The predicted molar refractivity (Wildman–Crippen MR) is 95.0 cm³/mol. The van der Waals surface area contributed by atoms with Crippen LogP contribution in [0.4, 0.5) is 0 Å². The second kappa shape index (κ2) is 5.92. The predicted octanol–water partition coefficient (Wildman–Crippen LogP) is 5.63. The minimum atomic E-state index is 0.621. The molecule has 1 nitrogen and oxygen atoms in total. The van der Waals surface area contributed by atoms with E-state index >= 15 is 0 Å². The third-order valence-corrected chi connectivity index (χ3v) is 4.76. The highest BCUT2D eigenvalue weighted by molar-refractivity contribution is 5.71. The monoisotopic (exact) mass is 300 g/mol. The molecule has 23 heavy (non-hydrogen) atoms. The van der Waals surface area contributed by atoms with Crippen molar-refractivity contribution in [2.24, 2.45) is 0 Å². The summed E-state index contributed by atoms with van der Waals surface area (Å²) in [6.07, 6.45) is 1.23. The van der Waals surface area contributed by atoms with Crippen LogP contribution in [0.2, 0.25) is 0 Å². The summed E-state index contributed by atoms with van der Waals surface area (Å²) in [4.78, 5) is 0. The Kier molecular flexibility index (Phi) is 3.63. The Labute approximate surface area is 137 Å². The van der Waals surface area contributed by atoms with E-state index in [1.54, 1.807) is 7.11 Å². The summed E-state index contributed by atoms with van der Waals surface area (Å²) < 4.78 is 5.66. The maximum atomic E-state index is 5.66. The fourth-order valence-corrected chi connectivity index (χ4v) is 3.43. The molecule has 2 atom stereocenters. The Morgan fingerprint density at radius 2 is 1.39 bits per heavy atom. The van der Waals surface area contributed by atoms with Gasteiger partial charge in [-0.3, -0.25) is 0 Å². The molecule has 1 aliphatic carbocycles. The van der Waals surface area contributed by atoms with E-state index < -0.39 is 0 Å². The summed E-state index contributed by atoms with van der Waals surface area (Å²) in [5.74, 6) is 2.24. The number of hydrogen-bond acceptors (Lipinski definition) is 1. The second-order valence-electron chi connectivity index (χ2n) is 6.19. The first-order chi connectivity index (χ1) is 11.4. The highest BCUT2D eigenvalue weighted by Crippen LogP contribution is 2.55. The molecule has 2 unspecified atom stereocenters. The minimum Gasteiger partial charge on any atom is -0.496 e. The normalized spacial score (nSPS) is 19.3. The van der Waals surface area contributed by atoms with Crippen molar-refractivity contribution >= 4 is 0 Å². The molecule has 0 spiro atoms. The molecule has 114 valence electrons. The van der Waals surface area contributed by atoms with Crippen LogP contribution in [-0.2, 0) is 0 Å². The van der Waals surface area contributed by atoms with Gasteiger partial charge in [-0.1, -0.05) is 72.8 Å². The van der Waals surface area contributed by atoms with Crippen molar-refractivity contribution in [1.29, 1.82) is 0 Å². The molecule has 1 fully saturated rings. The Morgan fingerprint density at radius 3 is 2.09 bits per heavy atom. The Bertz CT molecular complexity index is 793. The van der Waals surface area contributed by atoms with E-state index in [1.807, 2.05) is 6.07 Å². The van der Waals surface area contributed by atoms with Gasteiger partial charge in [-0.15, -0.1) is 0 Å². The number of hydrogen-bond donors (Lipinski definition) is 0. The van der Waals surface area contributed by atoms with Crippen molar-refractivity contribution in [2.75, 3.05) is 7.11 Å². The van der Waals surface area contributed by atoms with E-state index in [9.17, 15) is 0 Å². The first-order valence-electron chi connectivity index (χ1n) is 8.15. The molecule has 4 rings (SSSR count). The summed E-state index contributed by atoms with van der Waals surface area (Å²) in [5.41, 5.74) is 5.19. The third-order valence-electron chi connectivity index (χ3n) is 4.76. The van der Waals surface area contributed by atoms with Crippen LogP contribution in [0.5, 0.6) is 5.75 Å². The third kappa shape index (κ3) is 2.75. The molecule has 3 aromatic rings. The Balaban J connectivity index is 1.63. The van der Waals surface area contributed by atoms with E-state index in [-0.39, 0.29) is 0 Å². The van der Waals surface area contributed by atoms with Crippen LogP contribution in [0.25, 0.3) is 11.1 Å². The van der Waals surface area contributed by atoms with Gasteiger partial charge in [0.15, 0.2) is 0 Å². The standard InChI is InChI=1S/C22H20O/c1-23-22-14-18(12-13-19(22)16-8-4-2-5-9-16)21-15-20(21)17-10-6-3-7-11-17/h2-14,20-21H,15H2,1H3. The molecule has 0 radical (unpaired) electrons. The number of ether oxygens (including phenoxy) is 1. The quantitative estimate of drug-likeness (QED) is 0.606. The summed E-state index contributed by atoms with van der Waals surface area (Å²) in [5, 5.41) is 0. The summed E-state index contributed by atoms with van der Waals surface area (Å²) in [7, 11) is 1.76. The van der Waals surface area contributed by atoms with Crippen LogP contribution in [0.3, 0.4) is 0 Å². The van der Waals surface area contributed by atoms with Crippen LogP contribution in [-0.4, -0.2) is 7.11 Å². The lowest BCUT2D eigenvalue weighted by atomic mass is 9.99. The van der Waals surface area contributed by atoms with Crippen LogP contribution < -0.4 is 4.74 Å². The van der Waals surface area contributed by atoms with E-state index in [0.717, 1.165) is 11.3 Å². The molecule has 0 aromatic heterocycles. The van der Waals surface area contributed by atoms with Crippen LogP contribution in [0.15, 0.2) is 78.9 Å². The molecule has 0 amide bonds. The van der Waals surface area contributed by atoms with E-state index in [4.69, 9.17) is 4.74 Å². The molecule has 0 N–H and O–H groups in total. The van der Waals surface area contributed by atoms with Crippen molar-refractivity contribution < 1.29 is 4.74 Å². The Morgan fingerprint density at radius 1 is 0.739 bits per heavy atom. The lowest BCUT2D eigenvalue weighted by Crippen LogP contribution is -1.91. The average Bonchev–Trinajstić information content (AvgIpc) is 3.43. The lowest BCUT2D eigenvalue weighted by Gasteiger charge is -2.11. The molecule has 0 saturated heterocycles. The summed E-state index contributed by atoms with van der Waals surface area (Å²) in [6, 6.07) is 27.9. The maximum Gasteiger partial charge on any atom is 0.126 e. The largest absolute Gasteiger partial charge is 0.496 e. The molecule has 1 heteroatoms. The van der Waals surface area contributed by atoms with Gasteiger partial charge in [0.25, 0.3) is 0 Å². The zero-order valence-electron chi connectivity index (χ0n) is 13.3. The van der Waals surface area contributed by atoms with E-state index in [0.29, 0.717) is 11.8 Å². The van der Waals surface area contributed by atoms with Gasteiger partial charge in [-0.2, -0.15) is 0 Å². The first kappa shape index (κ1) is 14.1. The molecule has 0 aliphatic heterocycles. The van der Waals surface area contributed by atoms with Gasteiger partial charge in [-0.05, 0) is 41.0 Å². The Hall–Kier alpha value is -2.54. The van der Waals surface area contributed by atoms with Crippen molar-refractivity contribution in [3.63, 3.8) is 0 Å². The molecule has 1 saturated carbocycles. The molecule has 0 bridgehead atoms. The van der Waals surface area contributed by atoms with Gasteiger partial charge in [0.05, 0.1) is 7.11 Å². The van der Waals surface area contributed by atoms with Gasteiger partial charge in [-0.25, -0.2) is 0 Å². The van der Waals surface area contributed by atoms with Crippen molar-refractivity contribution in [3.05, 3.63) is 90.0 Å². The van der Waals surface area contributed by atoms with Gasteiger partial charge in [0.2, 0.25) is 0 Å². The smallest absolute Gasteiger partial charge is 0.126 e. The molecule has 1 aliphatic rings. The fraction of sp³-hybridized carbons (Fsp3) is 0.182. The SMILES string of the molecule is COc1cc(C2CC2c2ccccc2)ccc1-c1ccccc1.